The predicted octanol–water partition coefficient (Wildman–Crippen LogP) is 5.69. The zero-order valence-electron chi connectivity index (χ0n) is 13.8. The van der Waals surface area contributed by atoms with Crippen LogP contribution in [0.4, 0.5) is 14.5 Å². The Kier molecular flexibility index (Phi) is 5.42. The summed E-state index contributed by atoms with van der Waals surface area (Å²) in [7, 11) is 1.51. The number of anilines is 1. The molecule has 0 spiro atoms. The van der Waals surface area contributed by atoms with Crippen LogP contribution < -0.4 is 5.32 Å². The lowest BCUT2D eigenvalue weighted by Gasteiger charge is -2.13. The highest BCUT2D eigenvalue weighted by atomic mass is 35.5. The number of aryl methyl sites for hydroxylation is 1. The Morgan fingerprint density at radius 1 is 1.22 bits per heavy atom. The van der Waals surface area contributed by atoms with Crippen molar-refractivity contribution >= 4 is 46.4 Å². The van der Waals surface area contributed by atoms with Gasteiger partial charge in [-0.15, -0.1) is 0 Å². The van der Waals surface area contributed by atoms with Gasteiger partial charge in [-0.1, -0.05) is 59.1 Å². The quantitative estimate of drug-likeness (QED) is 0.541. The fourth-order valence-electron chi connectivity index (χ4n) is 2.56. The fourth-order valence-corrected chi connectivity index (χ4v) is 3.02. The number of hydrogen-bond donors (Lipinski definition) is 1. The van der Waals surface area contributed by atoms with Crippen LogP contribution in [0.1, 0.15) is 16.1 Å². The molecule has 0 radical (unpaired) electrons. The molecule has 0 saturated heterocycles. The molecule has 0 saturated carbocycles. The number of carbonyl (C=O) groups is 1. The maximum atomic E-state index is 13.9. The normalized spacial score (nSPS) is 11.5. The molecule has 0 aliphatic carbocycles. The maximum absolute atomic E-state index is 13.9. The van der Waals surface area contributed by atoms with E-state index in [0.717, 1.165) is 0 Å². The Bertz CT molecular complexity index is 1020. The van der Waals surface area contributed by atoms with Gasteiger partial charge in [-0.3, -0.25) is 9.48 Å². The summed E-state index contributed by atoms with van der Waals surface area (Å²) >= 11 is 16.8. The van der Waals surface area contributed by atoms with Gasteiger partial charge >= 0.3 is 4.59 Å². The minimum atomic E-state index is -2.82. The molecule has 4 nitrogen and oxygen atoms in total. The number of para-hydroxylation sites is 1. The van der Waals surface area contributed by atoms with E-state index in [1.165, 1.54) is 36.1 Å². The van der Waals surface area contributed by atoms with Crippen LogP contribution in [0.25, 0.3) is 11.1 Å². The minimum Gasteiger partial charge on any atom is -0.321 e. The number of aromatic nitrogens is 2. The van der Waals surface area contributed by atoms with Crippen molar-refractivity contribution in [2.24, 2.45) is 7.05 Å². The summed E-state index contributed by atoms with van der Waals surface area (Å²) in [6, 6.07) is 11.0. The predicted molar refractivity (Wildman–Crippen MR) is 102 cm³/mol. The van der Waals surface area contributed by atoms with Crippen molar-refractivity contribution in [2.75, 3.05) is 5.32 Å². The number of benzene rings is 2. The van der Waals surface area contributed by atoms with Crippen molar-refractivity contribution in [2.45, 2.75) is 4.59 Å². The average Bonchev–Trinajstić information content (AvgIpc) is 3.00. The van der Waals surface area contributed by atoms with Gasteiger partial charge in [0.05, 0.1) is 10.6 Å². The first-order valence-corrected chi connectivity index (χ1v) is 8.77. The summed E-state index contributed by atoms with van der Waals surface area (Å²) in [5.74, 6) is -1.20. The Hall–Kier alpha value is -2.15. The molecular weight excluding hydrogens is 419 g/mol. The molecule has 0 aliphatic rings. The van der Waals surface area contributed by atoms with Crippen LogP contribution in [0.5, 0.6) is 0 Å². The van der Waals surface area contributed by atoms with Crippen LogP contribution in [0, 0.1) is 5.82 Å². The summed E-state index contributed by atoms with van der Waals surface area (Å²) in [5.41, 5.74) is 1.08. The van der Waals surface area contributed by atoms with Crippen molar-refractivity contribution in [1.29, 1.82) is 0 Å². The number of hydrogen-bond acceptors (Lipinski definition) is 2. The molecule has 2 aromatic carbocycles. The number of nitrogens with one attached hydrogen (secondary N) is 1. The SMILES string of the molecule is Cn1cc(C(=O)Nc2ccccc2-c2ccc(F)c(Cl)c2)c(C(F)(Cl)Cl)n1. The van der Waals surface area contributed by atoms with Gasteiger partial charge < -0.3 is 5.32 Å². The van der Waals surface area contributed by atoms with E-state index in [1.807, 2.05) is 0 Å². The molecule has 1 aromatic heterocycles. The summed E-state index contributed by atoms with van der Waals surface area (Å²) in [4.78, 5) is 12.7. The molecule has 1 heterocycles. The van der Waals surface area contributed by atoms with E-state index in [4.69, 9.17) is 34.8 Å². The standard InChI is InChI=1S/C18H12Cl3F2N3O/c1-26-9-12(16(25-26)18(20,21)23)17(27)24-15-5-3-2-4-11(15)10-6-7-14(22)13(19)8-10/h2-9H,1H3,(H,24,27). The molecular formula is C18H12Cl3F2N3O. The zero-order chi connectivity index (χ0) is 19.8. The van der Waals surface area contributed by atoms with Gasteiger partial charge in [-0.2, -0.15) is 5.10 Å². The summed E-state index contributed by atoms with van der Waals surface area (Å²) < 4.78 is 25.8. The molecule has 0 atom stereocenters. The molecule has 1 N–H and O–H groups in total. The molecule has 0 unspecified atom stereocenters. The van der Waals surface area contributed by atoms with Crippen LogP contribution in [0.3, 0.4) is 0 Å². The highest BCUT2D eigenvalue weighted by Gasteiger charge is 2.34. The van der Waals surface area contributed by atoms with Crippen molar-refractivity contribution in [1.82, 2.24) is 9.78 Å². The summed E-state index contributed by atoms with van der Waals surface area (Å²) in [5, 5.41) is 6.43. The van der Waals surface area contributed by atoms with Gasteiger partial charge in [-0.25, -0.2) is 8.78 Å². The van der Waals surface area contributed by atoms with Crippen LogP contribution in [-0.4, -0.2) is 15.7 Å². The number of amides is 1. The molecule has 0 bridgehead atoms. The topological polar surface area (TPSA) is 46.9 Å². The highest BCUT2D eigenvalue weighted by molar-refractivity contribution is 6.46. The van der Waals surface area contributed by atoms with Crippen LogP contribution >= 0.6 is 34.8 Å². The molecule has 9 heteroatoms. The highest BCUT2D eigenvalue weighted by Crippen LogP contribution is 2.37. The molecule has 0 aliphatic heterocycles. The van der Waals surface area contributed by atoms with Crippen molar-refractivity contribution < 1.29 is 13.6 Å². The number of halogens is 5. The summed E-state index contributed by atoms with van der Waals surface area (Å²) in [6.45, 7) is 0. The molecule has 3 rings (SSSR count). The van der Waals surface area contributed by atoms with E-state index in [1.54, 1.807) is 24.3 Å². The third-order valence-electron chi connectivity index (χ3n) is 3.75. The largest absolute Gasteiger partial charge is 0.321 e. The Balaban J connectivity index is 1.98. The van der Waals surface area contributed by atoms with Crippen molar-refractivity contribution in [3.63, 3.8) is 0 Å². The van der Waals surface area contributed by atoms with Crippen LogP contribution in [0.15, 0.2) is 48.7 Å². The fraction of sp³-hybridized carbons (Fsp3) is 0.111. The first-order valence-electron chi connectivity index (χ1n) is 7.63. The molecule has 140 valence electrons. The van der Waals surface area contributed by atoms with Crippen molar-refractivity contribution in [3.8, 4) is 11.1 Å². The maximum Gasteiger partial charge on any atom is 0.302 e. The van der Waals surface area contributed by atoms with Crippen molar-refractivity contribution in [3.05, 3.63) is 70.8 Å². The second kappa shape index (κ2) is 7.46. The molecule has 1 amide bonds. The molecule has 27 heavy (non-hydrogen) atoms. The van der Waals surface area contributed by atoms with E-state index < -0.39 is 22.0 Å². The second-order valence-electron chi connectivity index (χ2n) is 5.69. The first kappa shape index (κ1) is 19.6. The van der Waals surface area contributed by atoms with Crippen LogP contribution in [0.2, 0.25) is 5.02 Å². The number of alkyl halides is 3. The Morgan fingerprint density at radius 2 is 1.93 bits per heavy atom. The molecule has 0 fully saturated rings. The van der Waals surface area contributed by atoms with Gasteiger partial charge in [0.15, 0.2) is 0 Å². The Morgan fingerprint density at radius 3 is 2.59 bits per heavy atom. The minimum absolute atomic E-state index is 0.0466. The van der Waals surface area contributed by atoms with Crippen LogP contribution in [-0.2, 0) is 11.6 Å². The van der Waals surface area contributed by atoms with Gasteiger partial charge in [0.2, 0.25) is 0 Å². The van der Waals surface area contributed by atoms with E-state index in [-0.39, 0.29) is 10.6 Å². The van der Waals surface area contributed by atoms with E-state index in [9.17, 15) is 13.6 Å². The second-order valence-corrected chi connectivity index (χ2v) is 7.33. The lowest BCUT2D eigenvalue weighted by atomic mass is 10.0. The lowest BCUT2D eigenvalue weighted by Crippen LogP contribution is -2.17. The van der Waals surface area contributed by atoms with Gasteiger partial charge in [0.25, 0.3) is 5.91 Å². The monoisotopic (exact) mass is 429 g/mol. The summed E-state index contributed by atoms with van der Waals surface area (Å²) in [6.07, 6.45) is 1.31. The third-order valence-corrected chi connectivity index (χ3v) is 4.40. The molecule has 3 aromatic rings. The van der Waals surface area contributed by atoms with E-state index >= 15 is 0 Å². The van der Waals surface area contributed by atoms with Gasteiger partial charge in [0, 0.05) is 24.5 Å². The average molecular weight is 431 g/mol. The van der Waals surface area contributed by atoms with Gasteiger partial charge in [0.1, 0.15) is 11.5 Å². The lowest BCUT2D eigenvalue weighted by molar-refractivity contribution is 0.102. The third kappa shape index (κ3) is 4.24. The Labute approximate surface area is 168 Å². The number of carbonyl (C=O) groups excluding carboxylic acids is 1. The van der Waals surface area contributed by atoms with Gasteiger partial charge in [-0.05, 0) is 23.8 Å². The smallest absolute Gasteiger partial charge is 0.302 e. The number of rotatable bonds is 4. The number of nitrogens with zero attached hydrogens (tertiary/aromatic N) is 2. The van der Waals surface area contributed by atoms with E-state index in [0.29, 0.717) is 16.8 Å². The first-order chi connectivity index (χ1) is 12.7. The zero-order valence-corrected chi connectivity index (χ0v) is 16.1. The van der Waals surface area contributed by atoms with E-state index in [2.05, 4.69) is 10.4 Å².